The van der Waals surface area contributed by atoms with Gasteiger partial charge in [0.05, 0.1) is 26.3 Å². The molecule has 0 atom stereocenters. The van der Waals surface area contributed by atoms with E-state index in [1.165, 1.54) is 0 Å². The summed E-state index contributed by atoms with van der Waals surface area (Å²) in [7, 11) is 4.00. The van der Waals surface area contributed by atoms with Gasteiger partial charge in [-0.2, -0.15) is 0 Å². The lowest BCUT2D eigenvalue weighted by molar-refractivity contribution is 0.261. The predicted octanol–water partition coefficient (Wildman–Crippen LogP) is 7.21. The summed E-state index contributed by atoms with van der Waals surface area (Å²) in [5.74, 6) is 1.12. The molecule has 0 aliphatic heterocycles. The molecule has 0 saturated carbocycles. The van der Waals surface area contributed by atoms with Crippen molar-refractivity contribution in [3.63, 3.8) is 0 Å². The largest absolute Gasteiger partial charge is 0.491 e. The third kappa shape index (κ3) is 6.70. The minimum Gasteiger partial charge on any atom is -0.491 e. The summed E-state index contributed by atoms with van der Waals surface area (Å²) in [6, 6.07) is 15.2. The molecule has 4 aromatic rings. The predicted molar refractivity (Wildman–Crippen MR) is 146 cm³/mol. The zero-order valence-electron chi connectivity index (χ0n) is 19.9. The fraction of sp³-hybridized carbons (Fsp3) is 0.269. The number of aromatic nitrogens is 3. The van der Waals surface area contributed by atoms with Crippen LogP contribution in [0.25, 0.3) is 21.8 Å². The number of anilines is 2. The van der Waals surface area contributed by atoms with Gasteiger partial charge in [0, 0.05) is 29.0 Å². The Labute approximate surface area is 219 Å². The molecular formula is C26H27Cl2N5OS. The Morgan fingerprint density at radius 3 is 2.66 bits per heavy atom. The second-order valence-electron chi connectivity index (χ2n) is 8.23. The van der Waals surface area contributed by atoms with Gasteiger partial charge >= 0.3 is 0 Å². The first-order valence-electron chi connectivity index (χ1n) is 11.4. The monoisotopic (exact) mass is 527 g/mol. The molecule has 2 aromatic heterocycles. The quantitative estimate of drug-likeness (QED) is 0.235. The molecule has 9 heteroatoms. The van der Waals surface area contributed by atoms with Crippen LogP contribution in [-0.2, 0) is 6.42 Å². The summed E-state index contributed by atoms with van der Waals surface area (Å²) in [5, 5.41) is 5.52. The SMILES string of the molecule is CCCc1nc(-c2cccc(Cl)c2)c(-c2ccnc(Nc3ccc(OCCN(C)C)c(Cl)c3)n2)s1. The highest BCUT2D eigenvalue weighted by Gasteiger charge is 2.17. The lowest BCUT2D eigenvalue weighted by Crippen LogP contribution is -2.19. The highest BCUT2D eigenvalue weighted by Crippen LogP contribution is 2.37. The molecule has 35 heavy (non-hydrogen) atoms. The van der Waals surface area contributed by atoms with Gasteiger partial charge < -0.3 is 15.0 Å². The first-order valence-corrected chi connectivity index (χ1v) is 12.9. The molecule has 0 amide bonds. The van der Waals surface area contributed by atoms with Crippen molar-refractivity contribution in [1.29, 1.82) is 0 Å². The van der Waals surface area contributed by atoms with E-state index in [9.17, 15) is 0 Å². The first-order chi connectivity index (χ1) is 16.9. The van der Waals surface area contributed by atoms with Gasteiger partial charge in [-0.3, -0.25) is 0 Å². The van der Waals surface area contributed by atoms with Gasteiger partial charge in [-0.1, -0.05) is 42.3 Å². The molecule has 0 saturated heterocycles. The van der Waals surface area contributed by atoms with E-state index < -0.39 is 0 Å². The molecule has 0 aliphatic carbocycles. The lowest BCUT2D eigenvalue weighted by Gasteiger charge is -2.13. The number of likely N-dealkylation sites (N-methyl/N-ethyl adjacent to an activating group) is 1. The van der Waals surface area contributed by atoms with Crippen molar-refractivity contribution in [1.82, 2.24) is 19.9 Å². The highest BCUT2D eigenvalue weighted by molar-refractivity contribution is 7.15. The fourth-order valence-electron chi connectivity index (χ4n) is 3.40. The molecule has 2 aromatic carbocycles. The Morgan fingerprint density at radius 1 is 1.06 bits per heavy atom. The lowest BCUT2D eigenvalue weighted by atomic mass is 10.1. The Bertz CT molecular complexity index is 1290. The molecule has 6 nitrogen and oxygen atoms in total. The van der Waals surface area contributed by atoms with Gasteiger partial charge in [-0.25, -0.2) is 15.0 Å². The smallest absolute Gasteiger partial charge is 0.227 e. The average molecular weight is 529 g/mol. The Balaban J connectivity index is 1.58. The van der Waals surface area contributed by atoms with Gasteiger partial charge in [0.1, 0.15) is 12.4 Å². The van der Waals surface area contributed by atoms with Crippen molar-refractivity contribution >= 4 is 46.2 Å². The number of nitrogens with one attached hydrogen (secondary N) is 1. The molecule has 0 bridgehead atoms. The Hall–Kier alpha value is -2.71. The van der Waals surface area contributed by atoms with Crippen LogP contribution in [0, 0.1) is 0 Å². The molecule has 0 fully saturated rings. The summed E-state index contributed by atoms with van der Waals surface area (Å²) in [4.78, 5) is 17.1. The summed E-state index contributed by atoms with van der Waals surface area (Å²) >= 11 is 14.3. The van der Waals surface area contributed by atoms with E-state index in [4.69, 9.17) is 37.9 Å². The molecule has 4 rings (SSSR count). The standard InChI is InChI=1S/C26H27Cl2N5OS/c1-4-6-23-32-24(17-7-5-8-18(27)15-17)25(35-23)21-11-12-29-26(31-21)30-19-9-10-22(20(28)16-19)34-14-13-33(2)3/h5,7-12,15-16H,4,6,13-14H2,1-3H3,(H,29,30,31). The van der Waals surface area contributed by atoms with Gasteiger partial charge in [0.2, 0.25) is 5.95 Å². The number of thiazole rings is 1. The third-order valence-corrected chi connectivity index (χ3v) is 6.77. The molecule has 0 aliphatic rings. The minimum absolute atomic E-state index is 0.474. The van der Waals surface area contributed by atoms with E-state index in [1.807, 2.05) is 62.6 Å². The Kier molecular flexibility index (Phi) is 8.57. The zero-order valence-corrected chi connectivity index (χ0v) is 22.2. The van der Waals surface area contributed by atoms with Crippen molar-refractivity contribution in [3.05, 3.63) is 69.8 Å². The summed E-state index contributed by atoms with van der Waals surface area (Å²) in [5.41, 5.74) is 3.42. The second kappa shape index (κ2) is 11.8. The van der Waals surface area contributed by atoms with Crippen molar-refractivity contribution in [2.45, 2.75) is 19.8 Å². The summed E-state index contributed by atoms with van der Waals surface area (Å²) in [6.45, 7) is 3.52. The molecule has 2 heterocycles. The second-order valence-corrected chi connectivity index (χ2v) is 10.2. The van der Waals surface area contributed by atoms with Gasteiger partial charge in [0.15, 0.2) is 0 Å². The minimum atomic E-state index is 0.474. The van der Waals surface area contributed by atoms with Crippen molar-refractivity contribution in [3.8, 4) is 27.6 Å². The maximum Gasteiger partial charge on any atom is 0.227 e. The number of aryl methyl sites for hydroxylation is 1. The molecule has 0 radical (unpaired) electrons. The van der Waals surface area contributed by atoms with E-state index in [0.717, 1.165) is 51.9 Å². The van der Waals surface area contributed by atoms with E-state index >= 15 is 0 Å². The van der Waals surface area contributed by atoms with Gasteiger partial charge in [-0.15, -0.1) is 11.3 Å². The van der Waals surface area contributed by atoms with Gasteiger partial charge in [0.25, 0.3) is 0 Å². The molecule has 0 unspecified atom stereocenters. The fourth-order valence-corrected chi connectivity index (χ4v) is 4.98. The third-order valence-electron chi connectivity index (χ3n) is 5.11. The van der Waals surface area contributed by atoms with Gasteiger partial charge in [-0.05, 0) is 63.3 Å². The van der Waals surface area contributed by atoms with Crippen LogP contribution >= 0.6 is 34.5 Å². The zero-order chi connectivity index (χ0) is 24.8. The molecule has 0 spiro atoms. The molecular weight excluding hydrogens is 501 g/mol. The number of hydrogen-bond acceptors (Lipinski definition) is 7. The summed E-state index contributed by atoms with van der Waals surface area (Å²) in [6.07, 6.45) is 3.68. The van der Waals surface area contributed by atoms with Crippen molar-refractivity contribution in [2.24, 2.45) is 0 Å². The molecule has 1 N–H and O–H groups in total. The van der Waals surface area contributed by atoms with Crippen LogP contribution in [0.15, 0.2) is 54.7 Å². The number of ether oxygens (including phenoxy) is 1. The van der Waals surface area contributed by atoms with E-state index in [1.54, 1.807) is 17.5 Å². The number of nitrogens with zero attached hydrogens (tertiary/aromatic N) is 4. The number of benzene rings is 2. The van der Waals surface area contributed by atoms with Crippen molar-refractivity contribution < 1.29 is 4.74 Å². The maximum absolute atomic E-state index is 6.44. The number of halogens is 2. The highest BCUT2D eigenvalue weighted by atomic mass is 35.5. The van der Waals surface area contributed by atoms with Crippen LogP contribution in [0.3, 0.4) is 0 Å². The summed E-state index contributed by atoms with van der Waals surface area (Å²) < 4.78 is 5.77. The average Bonchev–Trinajstić information content (AvgIpc) is 3.25. The maximum atomic E-state index is 6.44. The molecule has 182 valence electrons. The number of rotatable bonds is 10. The normalized spacial score (nSPS) is 11.1. The topological polar surface area (TPSA) is 63.2 Å². The van der Waals surface area contributed by atoms with E-state index in [-0.39, 0.29) is 0 Å². The van der Waals surface area contributed by atoms with Crippen LogP contribution in [0.2, 0.25) is 10.0 Å². The van der Waals surface area contributed by atoms with Crippen LogP contribution in [0.4, 0.5) is 11.6 Å². The van der Waals surface area contributed by atoms with Crippen LogP contribution < -0.4 is 10.1 Å². The van der Waals surface area contributed by atoms with Crippen LogP contribution in [-0.4, -0.2) is 47.1 Å². The Morgan fingerprint density at radius 2 is 1.91 bits per heavy atom. The van der Waals surface area contributed by atoms with Crippen LogP contribution in [0.5, 0.6) is 5.75 Å². The number of hydrogen-bond donors (Lipinski definition) is 1. The van der Waals surface area contributed by atoms with E-state index in [0.29, 0.717) is 28.3 Å². The van der Waals surface area contributed by atoms with E-state index in [2.05, 4.69) is 22.1 Å². The van der Waals surface area contributed by atoms with Crippen LogP contribution in [0.1, 0.15) is 18.4 Å². The first kappa shape index (κ1) is 25.4. The van der Waals surface area contributed by atoms with Crippen molar-refractivity contribution in [2.75, 3.05) is 32.6 Å².